The molecule has 6 heteroatoms. The molecule has 1 heterocycles. The van der Waals surface area contributed by atoms with E-state index < -0.39 is 0 Å². The number of nitrogens with zero attached hydrogens (tertiary/aromatic N) is 2. The summed E-state index contributed by atoms with van der Waals surface area (Å²) in [6.45, 7) is 3.56. The lowest BCUT2D eigenvalue weighted by Crippen LogP contribution is -2.37. The SMILES string of the molecule is CCCc1[nH]nc(C(=O)NCCN(C)C2CCCC2)c1N. The molecule has 0 aliphatic heterocycles. The number of aromatic nitrogens is 2. The lowest BCUT2D eigenvalue weighted by Gasteiger charge is -2.23. The first-order chi connectivity index (χ1) is 10.1. The molecule has 1 aromatic heterocycles. The fourth-order valence-electron chi connectivity index (χ4n) is 2.96. The van der Waals surface area contributed by atoms with E-state index in [4.69, 9.17) is 5.73 Å². The maximum atomic E-state index is 12.1. The highest BCUT2D eigenvalue weighted by Crippen LogP contribution is 2.21. The van der Waals surface area contributed by atoms with Crippen molar-refractivity contribution in [3.05, 3.63) is 11.4 Å². The van der Waals surface area contributed by atoms with Crippen molar-refractivity contribution in [2.45, 2.75) is 51.5 Å². The topological polar surface area (TPSA) is 87.0 Å². The van der Waals surface area contributed by atoms with Crippen LogP contribution in [0.5, 0.6) is 0 Å². The second-order valence-corrected chi connectivity index (χ2v) is 5.89. The van der Waals surface area contributed by atoms with Crippen LogP contribution in [0.15, 0.2) is 0 Å². The molecule has 2 rings (SSSR count). The Kier molecular flexibility index (Phi) is 5.61. The second-order valence-electron chi connectivity index (χ2n) is 5.89. The third-order valence-electron chi connectivity index (χ3n) is 4.30. The van der Waals surface area contributed by atoms with Crippen LogP contribution in [0.4, 0.5) is 5.69 Å². The smallest absolute Gasteiger partial charge is 0.273 e. The van der Waals surface area contributed by atoms with Gasteiger partial charge in [0.1, 0.15) is 0 Å². The Morgan fingerprint density at radius 1 is 1.48 bits per heavy atom. The third kappa shape index (κ3) is 3.97. The number of nitrogen functional groups attached to an aromatic ring is 1. The van der Waals surface area contributed by atoms with E-state index in [1.165, 1.54) is 25.7 Å². The predicted molar refractivity (Wildman–Crippen MR) is 84.2 cm³/mol. The van der Waals surface area contributed by atoms with Crippen molar-refractivity contribution in [2.24, 2.45) is 0 Å². The minimum absolute atomic E-state index is 0.189. The summed E-state index contributed by atoms with van der Waals surface area (Å²) in [5.74, 6) is -0.189. The number of carbonyl (C=O) groups is 1. The predicted octanol–water partition coefficient (Wildman–Crippen LogP) is 1.55. The first-order valence-electron chi connectivity index (χ1n) is 7.94. The second kappa shape index (κ2) is 7.45. The molecule has 1 aliphatic carbocycles. The molecule has 0 bridgehead atoms. The highest BCUT2D eigenvalue weighted by molar-refractivity contribution is 5.97. The summed E-state index contributed by atoms with van der Waals surface area (Å²) in [5.41, 5.74) is 7.61. The molecular formula is C15H27N5O. The van der Waals surface area contributed by atoms with Gasteiger partial charge in [-0.2, -0.15) is 5.10 Å². The largest absolute Gasteiger partial charge is 0.395 e. The van der Waals surface area contributed by atoms with Crippen molar-refractivity contribution in [1.29, 1.82) is 0 Å². The van der Waals surface area contributed by atoms with Gasteiger partial charge in [0.25, 0.3) is 5.91 Å². The number of hydrogen-bond acceptors (Lipinski definition) is 4. The number of H-pyrrole nitrogens is 1. The van der Waals surface area contributed by atoms with Crippen LogP contribution in [0.25, 0.3) is 0 Å². The van der Waals surface area contributed by atoms with Gasteiger partial charge in [-0.3, -0.25) is 9.89 Å². The highest BCUT2D eigenvalue weighted by Gasteiger charge is 2.20. The summed E-state index contributed by atoms with van der Waals surface area (Å²) in [5, 5.41) is 9.79. The van der Waals surface area contributed by atoms with Gasteiger partial charge < -0.3 is 16.0 Å². The quantitative estimate of drug-likeness (QED) is 0.712. The molecule has 1 aliphatic rings. The van der Waals surface area contributed by atoms with Gasteiger partial charge in [0, 0.05) is 19.1 Å². The zero-order chi connectivity index (χ0) is 15.2. The first-order valence-corrected chi connectivity index (χ1v) is 7.94. The van der Waals surface area contributed by atoms with Gasteiger partial charge >= 0.3 is 0 Å². The molecule has 1 saturated carbocycles. The van der Waals surface area contributed by atoms with Gasteiger partial charge in [-0.1, -0.05) is 26.2 Å². The van der Waals surface area contributed by atoms with E-state index in [0.29, 0.717) is 24.0 Å². The minimum atomic E-state index is -0.189. The molecule has 0 spiro atoms. The number of hydrogen-bond donors (Lipinski definition) is 3. The van der Waals surface area contributed by atoms with Crippen molar-refractivity contribution in [3.8, 4) is 0 Å². The number of aromatic amines is 1. The Hall–Kier alpha value is -1.56. The van der Waals surface area contributed by atoms with Gasteiger partial charge in [-0.05, 0) is 26.3 Å². The molecule has 118 valence electrons. The molecular weight excluding hydrogens is 266 g/mol. The molecule has 0 unspecified atom stereocenters. The van der Waals surface area contributed by atoms with E-state index in [9.17, 15) is 4.79 Å². The average Bonchev–Trinajstić information content (AvgIpc) is 3.10. The number of rotatable bonds is 7. The zero-order valence-electron chi connectivity index (χ0n) is 13.1. The van der Waals surface area contributed by atoms with Crippen LogP contribution in [-0.2, 0) is 6.42 Å². The number of carbonyl (C=O) groups excluding carboxylic acids is 1. The standard InChI is InChI=1S/C15H27N5O/c1-3-6-12-13(16)14(19-18-12)15(21)17-9-10-20(2)11-7-4-5-8-11/h11H,3-10,16H2,1-2H3,(H,17,21)(H,18,19). The monoisotopic (exact) mass is 293 g/mol. The molecule has 6 nitrogen and oxygen atoms in total. The first kappa shape index (κ1) is 15.8. The van der Waals surface area contributed by atoms with Crippen LogP contribution in [0, 0.1) is 0 Å². The van der Waals surface area contributed by atoms with E-state index in [-0.39, 0.29) is 5.91 Å². The van der Waals surface area contributed by atoms with Crippen molar-refractivity contribution < 1.29 is 4.79 Å². The van der Waals surface area contributed by atoms with Crippen molar-refractivity contribution in [1.82, 2.24) is 20.4 Å². The molecule has 0 saturated heterocycles. The van der Waals surface area contributed by atoms with Crippen LogP contribution in [0.3, 0.4) is 0 Å². The Labute approximate surface area is 126 Å². The maximum absolute atomic E-state index is 12.1. The van der Waals surface area contributed by atoms with Gasteiger partial charge in [0.2, 0.25) is 0 Å². The van der Waals surface area contributed by atoms with Gasteiger partial charge in [-0.15, -0.1) is 0 Å². The lowest BCUT2D eigenvalue weighted by atomic mass is 10.2. The minimum Gasteiger partial charge on any atom is -0.395 e. The molecule has 0 aromatic carbocycles. The fourth-order valence-corrected chi connectivity index (χ4v) is 2.96. The number of likely N-dealkylation sites (N-methyl/N-ethyl adjacent to an activating group) is 1. The molecule has 1 fully saturated rings. The summed E-state index contributed by atoms with van der Waals surface area (Å²) in [4.78, 5) is 14.4. The summed E-state index contributed by atoms with van der Waals surface area (Å²) < 4.78 is 0. The Balaban J connectivity index is 1.79. The third-order valence-corrected chi connectivity index (χ3v) is 4.30. The van der Waals surface area contributed by atoms with Crippen LogP contribution < -0.4 is 11.1 Å². The number of amides is 1. The molecule has 0 radical (unpaired) electrons. The van der Waals surface area contributed by atoms with Crippen molar-refractivity contribution >= 4 is 11.6 Å². The van der Waals surface area contributed by atoms with Crippen LogP contribution in [0.2, 0.25) is 0 Å². The van der Waals surface area contributed by atoms with Crippen LogP contribution in [-0.4, -0.2) is 47.2 Å². The number of aryl methyl sites for hydroxylation is 1. The summed E-state index contributed by atoms with van der Waals surface area (Å²) in [6, 6.07) is 0.675. The van der Waals surface area contributed by atoms with Gasteiger partial charge in [0.15, 0.2) is 5.69 Å². The number of nitrogens with two attached hydrogens (primary N) is 1. The molecule has 4 N–H and O–H groups in total. The summed E-state index contributed by atoms with van der Waals surface area (Å²) >= 11 is 0. The van der Waals surface area contributed by atoms with E-state index >= 15 is 0 Å². The van der Waals surface area contributed by atoms with E-state index in [1.807, 2.05) is 0 Å². The van der Waals surface area contributed by atoms with Crippen molar-refractivity contribution in [2.75, 3.05) is 25.9 Å². The Morgan fingerprint density at radius 3 is 2.86 bits per heavy atom. The summed E-state index contributed by atoms with van der Waals surface area (Å²) in [7, 11) is 2.13. The molecule has 21 heavy (non-hydrogen) atoms. The van der Waals surface area contributed by atoms with Crippen LogP contribution in [0.1, 0.15) is 55.2 Å². The van der Waals surface area contributed by atoms with Gasteiger partial charge in [-0.25, -0.2) is 0 Å². The summed E-state index contributed by atoms with van der Waals surface area (Å²) in [6.07, 6.45) is 6.99. The zero-order valence-corrected chi connectivity index (χ0v) is 13.1. The lowest BCUT2D eigenvalue weighted by molar-refractivity contribution is 0.0943. The Bertz CT molecular complexity index is 465. The number of nitrogens with one attached hydrogen (secondary N) is 2. The molecule has 0 atom stereocenters. The van der Waals surface area contributed by atoms with Crippen LogP contribution >= 0.6 is 0 Å². The molecule has 1 aromatic rings. The van der Waals surface area contributed by atoms with Crippen molar-refractivity contribution in [3.63, 3.8) is 0 Å². The Morgan fingerprint density at radius 2 is 2.19 bits per heavy atom. The van der Waals surface area contributed by atoms with Gasteiger partial charge in [0.05, 0.1) is 11.4 Å². The van der Waals surface area contributed by atoms with E-state index in [2.05, 4.69) is 34.4 Å². The van der Waals surface area contributed by atoms with E-state index in [1.54, 1.807) is 0 Å². The maximum Gasteiger partial charge on any atom is 0.273 e. The normalized spacial score (nSPS) is 15.8. The highest BCUT2D eigenvalue weighted by atomic mass is 16.1. The number of anilines is 1. The fraction of sp³-hybridized carbons (Fsp3) is 0.733. The molecule has 1 amide bonds. The average molecular weight is 293 g/mol. The van der Waals surface area contributed by atoms with E-state index in [0.717, 1.165) is 25.1 Å².